The molecule has 0 aromatic heterocycles. The third-order valence-electron chi connectivity index (χ3n) is 5.86. The minimum atomic E-state index is -0.299. The predicted molar refractivity (Wildman–Crippen MR) is 128 cm³/mol. The Balaban J connectivity index is 0.00000392. The van der Waals surface area contributed by atoms with E-state index in [1.807, 2.05) is 14.1 Å². The van der Waals surface area contributed by atoms with Crippen molar-refractivity contribution in [2.75, 3.05) is 46.8 Å². The van der Waals surface area contributed by atoms with E-state index >= 15 is 0 Å². The first-order valence-electron chi connectivity index (χ1n) is 10.9. The Bertz CT molecular complexity index is 495. The molecular weight excluding hydrogens is 465 g/mol. The van der Waals surface area contributed by atoms with Gasteiger partial charge in [-0.2, -0.15) is 0 Å². The molecule has 1 amide bonds. The third kappa shape index (κ3) is 7.35. The summed E-state index contributed by atoms with van der Waals surface area (Å²) in [6, 6.07) is 0.468. The summed E-state index contributed by atoms with van der Waals surface area (Å²) >= 11 is 0. The SMILES string of the molecule is CCNC(=NCC1(C(=O)N(C)C)CCCC1)NC1CCN(CC(C)C)CC1.I. The van der Waals surface area contributed by atoms with E-state index in [4.69, 9.17) is 4.99 Å². The highest BCUT2D eigenvalue weighted by atomic mass is 127. The minimum absolute atomic E-state index is 0. The van der Waals surface area contributed by atoms with Gasteiger partial charge in [0.05, 0.1) is 12.0 Å². The van der Waals surface area contributed by atoms with Crippen molar-refractivity contribution in [3.63, 3.8) is 0 Å². The lowest BCUT2D eigenvalue weighted by Gasteiger charge is -2.34. The van der Waals surface area contributed by atoms with Crippen LogP contribution in [0.4, 0.5) is 0 Å². The number of amides is 1. The van der Waals surface area contributed by atoms with E-state index in [0.717, 1.165) is 70.0 Å². The molecule has 0 radical (unpaired) electrons. The molecule has 164 valence electrons. The maximum Gasteiger partial charge on any atom is 0.230 e. The Morgan fingerprint density at radius 2 is 1.82 bits per heavy atom. The fraction of sp³-hybridized carbons (Fsp3) is 0.905. The van der Waals surface area contributed by atoms with Gasteiger partial charge in [0.2, 0.25) is 5.91 Å². The quantitative estimate of drug-likeness (QED) is 0.316. The van der Waals surface area contributed by atoms with Crippen LogP contribution in [-0.4, -0.2) is 74.5 Å². The number of hydrogen-bond donors (Lipinski definition) is 2. The number of nitrogens with one attached hydrogen (secondary N) is 2. The summed E-state index contributed by atoms with van der Waals surface area (Å²) in [6.07, 6.45) is 6.49. The van der Waals surface area contributed by atoms with Crippen LogP contribution in [0.3, 0.4) is 0 Å². The van der Waals surface area contributed by atoms with Crippen molar-refractivity contribution in [2.24, 2.45) is 16.3 Å². The average Bonchev–Trinajstić information content (AvgIpc) is 3.10. The van der Waals surface area contributed by atoms with Gasteiger partial charge >= 0.3 is 0 Å². The Morgan fingerprint density at radius 3 is 2.32 bits per heavy atom. The number of aliphatic imine (C=N–C) groups is 1. The van der Waals surface area contributed by atoms with E-state index in [1.54, 1.807) is 4.90 Å². The molecule has 1 saturated heterocycles. The van der Waals surface area contributed by atoms with Gasteiger partial charge in [0.1, 0.15) is 0 Å². The normalized spacial score (nSPS) is 20.7. The van der Waals surface area contributed by atoms with Crippen LogP contribution < -0.4 is 10.6 Å². The Kier molecular flexibility index (Phi) is 11.1. The van der Waals surface area contributed by atoms with Crippen molar-refractivity contribution in [1.82, 2.24) is 20.4 Å². The Morgan fingerprint density at radius 1 is 1.21 bits per heavy atom. The maximum atomic E-state index is 12.8. The zero-order valence-corrected chi connectivity index (χ0v) is 20.9. The molecule has 1 heterocycles. The lowest BCUT2D eigenvalue weighted by molar-refractivity contribution is -0.138. The summed E-state index contributed by atoms with van der Waals surface area (Å²) in [4.78, 5) is 21.9. The molecule has 1 aliphatic heterocycles. The van der Waals surface area contributed by atoms with Crippen LogP contribution in [-0.2, 0) is 4.79 Å². The standard InChI is InChI=1S/C21H41N5O.HI/c1-6-22-20(24-18-9-13-26(14-10-18)15-17(2)3)23-16-21(11-7-8-12-21)19(27)25(4)5;/h17-18H,6-16H2,1-5H3,(H2,22,23,24);1H. The second-order valence-electron chi connectivity index (χ2n) is 9.00. The van der Waals surface area contributed by atoms with Crippen LogP contribution in [0.5, 0.6) is 0 Å². The molecule has 0 atom stereocenters. The summed E-state index contributed by atoms with van der Waals surface area (Å²) in [5, 5.41) is 7.01. The molecule has 0 aromatic rings. The Hall–Kier alpha value is -0.570. The number of piperidine rings is 1. The van der Waals surface area contributed by atoms with Gasteiger partial charge < -0.3 is 20.4 Å². The van der Waals surface area contributed by atoms with Crippen LogP contribution >= 0.6 is 24.0 Å². The molecular formula is C21H42IN5O. The van der Waals surface area contributed by atoms with E-state index < -0.39 is 0 Å². The van der Waals surface area contributed by atoms with Crippen LogP contribution in [0, 0.1) is 11.3 Å². The van der Waals surface area contributed by atoms with E-state index in [1.165, 1.54) is 6.54 Å². The van der Waals surface area contributed by atoms with Gasteiger partial charge in [-0.1, -0.05) is 26.7 Å². The summed E-state index contributed by atoms with van der Waals surface area (Å²) in [5.41, 5.74) is -0.299. The van der Waals surface area contributed by atoms with Crippen molar-refractivity contribution in [1.29, 1.82) is 0 Å². The number of carbonyl (C=O) groups excluding carboxylic acids is 1. The molecule has 28 heavy (non-hydrogen) atoms. The maximum absolute atomic E-state index is 12.8. The molecule has 1 saturated carbocycles. The molecule has 2 N–H and O–H groups in total. The first kappa shape index (κ1) is 25.5. The van der Waals surface area contributed by atoms with Gasteiger partial charge in [-0.3, -0.25) is 9.79 Å². The van der Waals surface area contributed by atoms with Crippen molar-refractivity contribution in [3.8, 4) is 0 Å². The Labute approximate surface area is 189 Å². The summed E-state index contributed by atoms with van der Waals surface area (Å²) in [7, 11) is 3.72. The number of rotatable bonds is 7. The number of likely N-dealkylation sites (tertiary alicyclic amines) is 1. The van der Waals surface area contributed by atoms with Crippen molar-refractivity contribution < 1.29 is 4.79 Å². The fourth-order valence-electron chi connectivity index (χ4n) is 4.49. The molecule has 1 aliphatic carbocycles. The van der Waals surface area contributed by atoms with Gasteiger partial charge in [0.15, 0.2) is 5.96 Å². The predicted octanol–water partition coefficient (Wildman–Crippen LogP) is 2.93. The van der Waals surface area contributed by atoms with Crippen LogP contribution in [0.1, 0.15) is 59.3 Å². The van der Waals surface area contributed by atoms with E-state index in [-0.39, 0.29) is 35.3 Å². The molecule has 2 aliphatic rings. The highest BCUT2D eigenvalue weighted by Crippen LogP contribution is 2.39. The van der Waals surface area contributed by atoms with Gasteiger partial charge in [0, 0.05) is 46.3 Å². The highest BCUT2D eigenvalue weighted by molar-refractivity contribution is 14.0. The molecule has 0 aromatic carbocycles. The van der Waals surface area contributed by atoms with E-state index in [9.17, 15) is 4.79 Å². The lowest BCUT2D eigenvalue weighted by atomic mass is 9.85. The van der Waals surface area contributed by atoms with Crippen molar-refractivity contribution >= 4 is 35.8 Å². The number of guanidine groups is 1. The van der Waals surface area contributed by atoms with Crippen LogP contribution in [0.25, 0.3) is 0 Å². The zero-order chi connectivity index (χ0) is 19.9. The smallest absolute Gasteiger partial charge is 0.230 e. The molecule has 2 fully saturated rings. The number of carbonyl (C=O) groups is 1. The molecule has 7 heteroatoms. The van der Waals surface area contributed by atoms with E-state index in [2.05, 4.69) is 36.3 Å². The minimum Gasteiger partial charge on any atom is -0.357 e. The molecule has 2 rings (SSSR count). The third-order valence-corrected chi connectivity index (χ3v) is 5.86. The topological polar surface area (TPSA) is 60.0 Å². The number of hydrogen-bond acceptors (Lipinski definition) is 3. The summed E-state index contributed by atoms with van der Waals surface area (Å²) in [5.74, 6) is 1.84. The second kappa shape index (κ2) is 12.2. The van der Waals surface area contributed by atoms with Gasteiger partial charge in [-0.25, -0.2) is 0 Å². The first-order chi connectivity index (χ1) is 12.9. The van der Waals surface area contributed by atoms with Gasteiger partial charge in [-0.15, -0.1) is 24.0 Å². The number of nitrogens with zero attached hydrogens (tertiary/aromatic N) is 3. The zero-order valence-electron chi connectivity index (χ0n) is 18.6. The highest BCUT2D eigenvalue weighted by Gasteiger charge is 2.42. The summed E-state index contributed by atoms with van der Waals surface area (Å²) in [6.45, 7) is 11.6. The molecule has 0 unspecified atom stereocenters. The van der Waals surface area contributed by atoms with Gasteiger partial charge in [-0.05, 0) is 38.5 Å². The second-order valence-corrected chi connectivity index (χ2v) is 9.00. The van der Waals surface area contributed by atoms with Crippen LogP contribution in [0.2, 0.25) is 0 Å². The van der Waals surface area contributed by atoms with Crippen molar-refractivity contribution in [3.05, 3.63) is 0 Å². The van der Waals surface area contributed by atoms with Crippen molar-refractivity contribution in [2.45, 2.75) is 65.3 Å². The largest absolute Gasteiger partial charge is 0.357 e. The molecule has 6 nitrogen and oxygen atoms in total. The average molecular weight is 508 g/mol. The lowest BCUT2D eigenvalue weighted by Crippen LogP contribution is -2.49. The van der Waals surface area contributed by atoms with Crippen LogP contribution in [0.15, 0.2) is 4.99 Å². The monoisotopic (exact) mass is 507 g/mol. The fourth-order valence-corrected chi connectivity index (χ4v) is 4.49. The van der Waals surface area contributed by atoms with E-state index in [0.29, 0.717) is 12.6 Å². The molecule has 0 spiro atoms. The molecule has 0 bridgehead atoms. The number of halogens is 1. The van der Waals surface area contributed by atoms with Gasteiger partial charge in [0.25, 0.3) is 0 Å². The first-order valence-corrected chi connectivity index (χ1v) is 10.9. The summed E-state index contributed by atoms with van der Waals surface area (Å²) < 4.78 is 0.